The zero-order valence-corrected chi connectivity index (χ0v) is 11.5. The Morgan fingerprint density at radius 2 is 2.00 bits per heavy atom. The van der Waals surface area contributed by atoms with E-state index in [0.29, 0.717) is 11.6 Å². The van der Waals surface area contributed by atoms with Crippen LogP contribution >= 0.6 is 0 Å². The molecule has 0 radical (unpaired) electrons. The van der Waals surface area contributed by atoms with Crippen LogP contribution in [0.5, 0.6) is 0 Å². The van der Waals surface area contributed by atoms with Crippen molar-refractivity contribution in [3.8, 4) is 0 Å². The van der Waals surface area contributed by atoms with Crippen LogP contribution in [0.15, 0.2) is 6.07 Å². The second-order valence-electron chi connectivity index (χ2n) is 4.46. The minimum atomic E-state index is 0.0201. The summed E-state index contributed by atoms with van der Waals surface area (Å²) in [5.41, 5.74) is 5.74. The van der Waals surface area contributed by atoms with E-state index >= 15 is 0 Å². The van der Waals surface area contributed by atoms with Crippen LogP contribution < -0.4 is 10.6 Å². The van der Waals surface area contributed by atoms with Gasteiger partial charge in [0.15, 0.2) is 0 Å². The summed E-state index contributed by atoms with van der Waals surface area (Å²) in [7, 11) is 5.28. The third kappa shape index (κ3) is 3.87. The number of nitrogen functional groups attached to an aromatic ring is 1. The van der Waals surface area contributed by atoms with E-state index in [1.165, 1.54) is 0 Å². The highest BCUT2D eigenvalue weighted by atomic mass is 16.2. The Kier molecular flexibility index (Phi) is 4.88. The molecule has 2 N–H and O–H groups in total. The number of aromatic nitrogens is 2. The molecule has 6 heteroatoms. The number of rotatable bonds is 5. The SMILES string of the molecule is CCCc1nc(N)cc(N(C)CC(=O)N(C)C)n1. The smallest absolute Gasteiger partial charge is 0.241 e. The Labute approximate surface area is 108 Å². The van der Waals surface area contributed by atoms with Crippen molar-refractivity contribution in [1.82, 2.24) is 14.9 Å². The zero-order chi connectivity index (χ0) is 13.7. The average Bonchev–Trinajstić information content (AvgIpc) is 2.28. The van der Waals surface area contributed by atoms with Crippen molar-refractivity contribution < 1.29 is 4.79 Å². The number of amides is 1. The standard InChI is InChI=1S/C12H21N5O/c1-5-6-10-14-9(13)7-11(15-10)17(4)8-12(18)16(2)3/h7H,5-6,8H2,1-4H3,(H2,13,14,15). The van der Waals surface area contributed by atoms with Crippen molar-refractivity contribution in [1.29, 1.82) is 0 Å². The van der Waals surface area contributed by atoms with Gasteiger partial charge in [0.05, 0.1) is 6.54 Å². The van der Waals surface area contributed by atoms with Crippen molar-refractivity contribution in [2.24, 2.45) is 0 Å². The first-order valence-corrected chi connectivity index (χ1v) is 5.98. The molecule has 1 amide bonds. The summed E-state index contributed by atoms with van der Waals surface area (Å²) < 4.78 is 0. The van der Waals surface area contributed by atoms with Crippen molar-refractivity contribution in [3.63, 3.8) is 0 Å². The third-order valence-electron chi connectivity index (χ3n) is 2.51. The molecule has 1 aromatic rings. The van der Waals surface area contributed by atoms with Crippen LogP contribution in [-0.4, -0.2) is 48.5 Å². The molecule has 0 atom stereocenters. The van der Waals surface area contributed by atoms with E-state index in [4.69, 9.17) is 5.73 Å². The molecule has 0 aromatic carbocycles. The number of likely N-dealkylation sites (N-methyl/N-ethyl adjacent to an activating group) is 2. The lowest BCUT2D eigenvalue weighted by Gasteiger charge is -2.20. The van der Waals surface area contributed by atoms with Crippen LogP contribution in [-0.2, 0) is 11.2 Å². The maximum Gasteiger partial charge on any atom is 0.241 e. The molecule has 0 saturated carbocycles. The Hall–Kier alpha value is -1.85. The van der Waals surface area contributed by atoms with E-state index < -0.39 is 0 Å². The summed E-state index contributed by atoms with van der Waals surface area (Å²) >= 11 is 0. The highest BCUT2D eigenvalue weighted by Crippen LogP contribution is 2.13. The summed E-state index contributed by atoms with van der Waals surface area (Å²) in [5, 5.41) is 0. The molecule has 0 bridgehead atoms. The van der Waals surface area contributed by atoms with Gasteiger partial charge in [-0.05, 0) is 6.42 Å². The quantitative estimate of drug-likeness (QED) is 0.826. The lowest BCUT2D eigenvalue weighted by molar-refractivity contribution is -0.127. The fourth-order valence-corrected chi connectivity index (χ4v) is 1.46. The minimum absolute atomic E-state index is 0.0201. The van der Waals surface area contributed by atoms with Crippen molar-refractivity contribution in [2.75, 3.05) is 38.3 Å². The van der Waals surface area contributed by atoms with Gasteiger partial charge >= 0.3 is 0 Å². The fourth-order valence-electron chi connectivity index (χ4n) is 1.46. The van der Waals surface area contributed by atoms with Gasteiger partial charge in [-0.1, -0.05) is 6.92 Å². The first kappa shape index (κ1) is 14.2. The normalized spacial score (nSPS) is 10.2. The summed E-state index contributed by atoms with van der Waals surface area (Å²) in [6, 6.07) is 1.68. The number of carbonyl (C=O) groups is 1. The molecular weight excluding hydrogens is 230 g/mol. The molecule has 0 aliphatic heterocycles. The summed E-state index contributed by atoms with van der Waals surface area (Å²) in [6.07, 6.45) is 1.75. The third-order valence-corrected chi connectivity index (χ3v) is 2.51. The van der Waals surface area contributed by atoms with Crippen LogP contribution in [0.3, 0.4) is 0 Å². The number of aryl methyl sites for hydroxylation is 1. The Bertz CT molecular complexity index is 419. The van der Waals surface area contributed by atoms with Gasteiger partial charge in [0.25, 0.3) is 0 Å². The average molecular weight is 251 g/mol. The largest absolute Gasteiger partial charge is 0.384 e. The maximum atomic E-state index is 11.6. The van der Waals surface area contributed by atoms with Crippen LogP contribution in [0.25, 0.3) is 0 Å². The predicted molar refractivity (Wildman–Crippen MR) is 72.4 cm³/mol. The molecule has 1 rings (SSSR count). The van der Waals surface area contributed by atoms with E-state index in [1.807, 2.05) is 7.05 Å². The number of hydrogen-bond acceptors (Lipinski definition) is 5. The second-order valence-corrected chi connectivity index (χ2v) is 4.46. The number of nitrogens with zero attached hydrogens (tertiary/aromatic N) is 4. The molecule has 18 heavy (non-hydrogen) atoms. The molecular formula is C12H21N5O. The molecule has 0 unspecified atom stereocenters. The monoisotopic (exact) mass is 251 g/mol. The summed E-state index contributed by atoms with van der Waals surface area (Å²) in [6.45, 7) is 2.33. The van der Waals surface area contributed by atoms with E-state index in [-0.39, 0.29) is 12.5 Å². The first-order valence-electron chi connectivity index (χ1n) is 5.98. The maximum absolute atomic E-state index is 11.6. The molecule has 1 aromatic heterocycles. The molecule has 0 aliphatic carbocycles. The molecule has 0 fully saturated rings. The van der Waals surface area contributed by atoms with Gasteiger partial charge in [-0.2, -0.15) is 0 Å². The van der Waals surface area contributed by atoms with Gasteiger partial charge in [0, 0.05) is 33.6 Å². The number of nitrogens with two attached hydrogens (primary N) is 1. The first-order chi connectivity index (χ1) is 8.43. The van der Waals surface area contributed by atoms with Gasteiger partial charge < -0.3 is 15.5 Å². The molecule has 0 saturated heterocycles. The molecule has 0 aliphatic rings. The topological polar surface area (TPSA) is 75.3 Å². The van der Waals surface area contributed by atoms with Gasteiger partial charge in [0.2, 0.25) is 5.91 Å². The summed E-state index contributed by atoms with van der Waals surface area (Å²) in [4.78, 5) is 23.5. The van der Waals surface area contributed by atoms with Crippen molar-refractivity contribution in [3.05, 3.63) is 11.9 Å². The van der Waals surface area contributed by atoms with Gasteiger partial charge in [-0.3, -0.25) is 4.79 Å². The van der Waals surface area contributed by atoms with E-state index in [0.717, 1.165) is 18.7 Å². The van der Waals surface area contributed by atoms with Crippen LogP contribution in [0, 0.1) is 0 Å². The molecule has 6 nitrogen and oxygen atoms in total. The van der Waals surface area contributed by atoms with Gasteiger partial charge in [-0.15, -0.1) is 0 Å². The van der Waals surface area contributed by atoms with Crippen LogP contribution in [0.4, 0.5) is 11.6 Å². The fraction of sp³-hybridized carbons (Fsp3) is 0.583. The number of carbonyl (C=O) groups excluding carboxylic acids is 1. The molecule has 1 heterocycles. The highest BCUT2D eigenvalue weighted by molar-refractivity contribution is 5.80. The number of anilines is 2. The number of hydrogen-bond donors (Lipinski definition) is 1. The Morgan fingerprint density at radius 3 is 2.56 bits per heavy atom. The van der Waals surface area contributed by atoms with Crippen LogP contribution in [0.2, 0.25) is 0 Å². The van der Waals surface area contributed by atoms with Gasteiger partial charge in [0.1, 0.15) is 17.5 Å². The second kappa shape index (κ2) is 6.18. The van der Waals surface area contributed by atoms with Gasteiger partial charge in [-0.25, -0.2) is 9.97 Å². The van der Waals surface area contributed by atoms with E-state index in [1.54, 1.807) is 30.0 Å². The van der Waals surface area contributed by atoms with Crippen molar-refractivity contribution in [2.45, 2.75) is 19.8 Å². The lowest BCUT2D eigenvalue weighted by Crippen LogP contribution is -2.34. The molecule has 0 spiro atoms. The Balaban J connectivity index is 2.84. The molecule has 100 valence electrons. The highest BCUT2D eigenvalue weighted by Gasteiger charge is 2.12. The minimum Gasteiger partial charge on any atom is -0.384 e. The van der Waals surface area contributed by atoms with E-state index in [2.05, 4.69) is 16.9 Å². The lowest BCUT2D eigenvalue weighted by atomic mass is 10.3. The Morgan fingerprint density at radius 1 is 1.33 bits per heavy atom. The summed E-state index contributed by atoms with van der Waals surface area (Å²) in [5.74, 6) is 1.86. The predicted octanol–water partition coefficient (Wildman–Crippen LogP) is 0.536. The van der Waals surface area contributed by atoms with Crippen molar-refractivity contribution >= 4 is 17.5 Å². The zero-order valence-electron chi connectivity index (χ0n) is 11.5. The van der Waals surface area contributed by atoms with Crippen LogP contribution in [0.1, 0.15) is 19.2 Å². The van der Waals surface area contributed by atoms with E-state index in [9.17, 15) is 4.79 Å².